The quantitative estimate of drug-likeness (QED) is 0.830. The van der Waals surface area contributed by atoms with Gasteiger partial charge < -0.3 is 4.74 Å². The van der Waals surface area contributed by atoms with Crippen LogP contribution in [-0.2, 0) is 17.8 Å². The first-order chi connectivity index (χ1) is 10.3. The maximum atomic E-state index is 5.60. The van der Waals surface area contributed by atoms with E-state index in [-0.39, 0.29) is 0 Å². The molecule has 0 unspecified atom stereocenters. The third-order valence-electron chi connectivity index (χ3n) is 4.74. The van der Waals surface area contributed by atoms with E-state index in [9.17, 15) is 0 Å². The molecule has 1 aromatic heterocycles. The Morgan fingerprint density at radius 2 is 2.05 bits per heavy atom. The average molecular weight is 308 g/mol. The molecule has 1 atom stereocenters. The third-order valence-corrected chi connectivity index (χ3v) is 5.71. The smallest absolute Gasteiger partial charge is 0.0622 e. The molecule has 0 bridgehead atoms. The molecule has 0 radical (unpaired) electrons. The van der Waals surface area contributed by atoms with E-state index in [4.69, 9.17) is 4.74 Å². The molecular weight excluding hydrogens is 280 g/mol. The van der Waals surface area contributed by atoms with Crippen LogP contribution < -0.4 is 0 Å². The fourth-order valence-corrected chi connectivity index (χ4v) is 4.35. The molecule has 0 N–H and O–H groups in total. The summed E-state index contributed by atoms with van der Waals surface area (Å²) in [5.41, 5.74) is 1.51. The van der Waals surface area contributed by atoms with Crippen LogP contribution in [0.5, 0.6) is 0 Å². The number of morpholine rings is 1. The van der Waals surface area contributed by atoms with E-state index in [1.807, 2.05) is 11.3 Å². The highest BCUT2D eigenvalue weighted by Gasteiger charge is 2.22. The van der Waals surface area contributed by atoms with Crippen molar-refractivity contribution in [2.24, 2.45) is 0 Å². The largest absolute Gasteiger partial charge is 0.378 e. The van der Waals surface area contributed by atoms with Crippen LogP contribution in [0.25, 0.3) is 0 Å². The Kier molecular flexibility index (Phi) is 5.69. The third kappa shape index (κ3) is 4.28. The van der Waals surface area contributed by atoms with E-state index in [0.717, 1.165) is 32.8 Å². The minimum absolute atomic E-state index is 0.603. The Balaban J connectivity index is 1.54. The van der Waals surface area contributed by atoms with Gasteiger partial charge in [0.05, 0.1) is 13.2 Å². The highest BCUT2D eigenvalue weighted by atomic mass is 32.1. The van der Waals surface area contributed by atoms with Crippen LogP contribution in [0, 0.1) is 0 Å². The second-order valence-corrected chi connectivity index (χ2v) is 7.36. The van der Waals surface area contributed by atoms with Crippen molar-refractivity contribution >= 4 is 11.3 Å². The number of nitrogens with zero attached hydrogens (tertiary/aromatic N) is 2. The first-order valence-corrected chi connectivity index (χ1v) is 9.33. The summed E-state index contributed by atoms with van der Waals surface area (Å²) in [6.45, 7) is 9.97. The van der Waals surface area contributed by atoms with E-state index >= 15 is 0 Å². The SMILES string of the molecule is CC[C@H]1COCCN1Cc1cc(CN2CCCCC2)cs1. The Hall–Kier alpha value is -0.420. The van der Waals surface area contributed by atoms with Crippen LogP contribution in [0.1, 0.15) is 43.0 Å². The fourth-order valence-electron chi connectivity index (χ4n) is 3.44. The molecule has 2 aliphatic heterocycles. The van der Waals surface area contributed by atoms with Crippen molar-refractivity contribution in [1.82, 2.24) is 9.80 Å². The van der Waals surface area contributed by atoms with Gasteiger partial charge in [-0.1, -0.05) is 13.3 Å². The molecule has 0 aliphatic carbocycles. The van der Waals surface area contributed by atoms with Crippen molar-refractivity contribution in [2.45, 2.75) is 51.7 Å². The minimum Gasteiger partial charge on any atom is -0.378 e. The first-order valence-electron chi connectivity index (χ1n) is 8.45. The highest BCUT2D eigenvalue weighted by Crippen LogP contribution is 2.22. The predicted octanol–water partition coefficient (Wildman–Crippen LogP) is 3.34. The van der Waals surface area contributed by atoms with E-state index in [2.05, 4.69) is 28.2 Å². The lowest BCUT2D eigenvalue weighted by molar-refractivity contribution is -0.0122. The van der Waals surface area contributed by atoms with Crippen LogP contribution in [0.3, 0.4) is 0 Å². The van der Waals surface area contributed by atoms with Crippen LogP contribution in [0.15, 0.2) is 11.4 Å². The van der Waals surface area contributed by atoms with E-state index < -0.39 is 0 Å². The normalized spacial score (nSPS) is 25.3. The van der Waals surface area contributed by atoms with Gasteiger partial charge >= 0.3 is 0 Å². The second kappa shape index (κ2) is 7.73. The number of likely N-dealkylation sites (tertiary alicyclic amines) is 1. The van der Waals surface area contributed by atoms with Crippen molar-refractivity contribution in [3.8, 4) is 0 Å². The molecule has 3 rings (SSSR count). The van der Waals surface area contributed by atoms with Gasteiger partial charge in [0.2, 0.25) is 0 Å². The van der Waals surface area contributed by atoms with Crippen molar-refractivity contribution in [2.75, 3.05) is 32.8 Å². The van der Waals surface area contributed by atoms with Gasteiger partial charge in [0, 0.05) is 30.6 Å². The molecule has 2 saturated heterocycles. The van der Waals surface area contributed by atoms with E-state index in [0.29, 0.717) is 6.04 Å². The summed E-state index contributed by atoms with van der Waals surface area (Å²) < 4.78 is 5.60. The van der Waals surface area contributed by atoms with Gasteiger partial charge in [0.25, 0.3) is 0 Å². The average Bonchev–Trinajstić information content (AvgIpc) is 2.96. The van der Waals surface area contributed by atoms with Gasteiger partial charge in [0.15, 0.2) is 0 Å². The van der Waals surface area contributed by atoms with Gasteiger partial charge in [-0.25, -0.2) is 0 Å². The fraction of sp³-hybridized carbons (Fsp3) is 0.765. The van der Waals surface area contributed by atoms with Crippen LogP contribution >= 0.6 is 11.3 Å². The van der Waals surface area contributed by atoms with Crippen molar-refractivity contribution < 1.29 is 4.74 Å². The topological polar surface area (TPSA) is 15.7 Å². The Bertz CT molecular complexity index is 428. The van der Waals surface area contributed by atoms with Crippen molar-refractivity contribution in [3.63, 3.8) is 0 Å². The summed E-state index contributed by atoms with van der Waals surface area (Å²) in [6, 6.07) is 3.04. The van der Waals surface area contributed by atoms with Crippen LogP contribution in [-0.4, -0.2) is 48.7 Å². The van der Waals surface area contributed by atoms with Crippen molar-refractivity contribution in [1.29, 1.82) is 0 Å². The minimum atomic E-state index is 0.603. The number of ether oxygens (including phenoxy) is 1. The molecule has 0 aromatic carbocycles. The molecule has 0 saturated carbocycles. The number of hydrogen-bond acceptors (Lipinski definition) is 4. The van der Waals surface area contributed by atoms with Crippen LogP contribution in [0.2, 0.25) is 0 Å². The lowest BCUT2D eigenvalue weighted by atomic mass is 10.1. The molecule has 118 valence electrons. The molecule has 2 aliphatic rings. The zero-order valence-corrected chi connectivity index (χ0v) is 14.0. The number of hydrogen-bond donors (Lipinski definition) is 0. The molecule has 21 heavy (non-hydrogen) atoms. The first kappa shape index (κ1) is 15.5. The zero-order chi connectivity index (χ0) is 14.5. The molecule has 3 nitrogen and oxygen atoms in total. The molecule has 0 amide bonds. The van der Waals surface area contributed by atoms with Gasteiger partial charge in [-0.15, -0.1) is 11.3 Å². The maximum Gasteiger partial charge on any atom is 0.0622 e. The second-order valence-electron chi connectivity index (χ2n) is 6.37. The molecule has 0 spiro atoms. The van der Waals surface area contributed by atoms with E-state index in [1.165, 1.54) is 49.2 Å². The van der Waals surface area contributed by atoms with Crippen LogP contribution in [0.4, 0.5) is 0 Å². The van der Waals surface area contributed by atoms with Gasteiger partial charge in [-0.3, -0.25) is 9.80 Å². The van der Waals surface area contributed by atoms with E-state index in [1.54, 1.807) is 0 Å². The lowest BCUT2D eigenvalue weighted by Crippen LogP contribution is -2.44. The maximum absolute atomic E-state index is 5.60. The molecule has 1 aromatic rings. The standard InChI is InChI=1S/C17H28N2OS/c1-2-16-13-20-9-8-19(16)12-17-10-15(14-21-17)11-18-6-4-3-5-7-18/h10,14,16H,2-9,11-13H2,1H3/t16-/m0/s1. The highest BCUT2D eigenvalue weighted by molar-refractivity contribution is 7.10. The summed E-state index contributed by atoms with van der Waals surface area (Å²) in [5.74, 6) is 0. The molecule has 4 heteroatoms. The Morgan fingerprint density at radius 1 is 1.19 bits per heavy atom. The molecule has 2 fully saturated rings. The summed E-state index contributed by atoms with van der Waals surface area (Å²) >= 11 is 1.94. The summed E-state index contributed by atoms with van der Waals surface area (Å²) in [4.78, 5) is 6.72. The van der Waals surface area contributed by atoms with Gasteiger partial charge in [-0.05, 0) is 49.4 Å². The number of piperidine rings is 1. The monoisotopic (exact) mass is 308 g/mol. The molecular formula is C17H28N2OS. The summed E-state index contributed by atoms with van der Waals surface area (Å²) in [5, 5.41) is 2.37. The number of rotatable bonds is 5. The summed E-state index contributed by atoms with van der Waals surface area (Å²) in [6.07, 6.45) is 5.36. The number of thiophene rings is 1. The zero-order valence-electron chi connectivity index (χ0n) is 13.2. The lowest BCUT2D eigenvalue weighted by Gasteiger charge is -2.34. The van der Waals surface area contributed by atoms with Gasteiger partial charge in [0.1, 0.15) is 0 Å². The summed E-state index contributed by atoms with van der Waals surface area (Å²) in [7, 11) is 0. The van der Waals surface area contributed by atoms with Gasteiger partial charge in [-0.2, -0.15) is 0 Å². The molecule has 3 heterocycles. The predicted molar refractivity (Wildman–Crippen MR) is 88.8 cm³/mol. The Morgan fingerprint density at radius 3 is 2.86 bits per heavy atom. The Labute approximate surface area is 132 Å². The van der Waals surface area contributed by atoms with Crippen molar-refractivity contribution in [3.05, 3.63) is 21.9 Å².